The van der Waals surface area contributed by atoms with E-state index in [1.807, 2.05) is 6.92 Å². The molecule has 1 saturated heterocycles. The Balaban J connectivity index is 2.14. The Bertz CT molecular complexity index is 206. The van der Waals surface area contributed by atoms with Gasteiger partial charge in [0.1, 0.15) is 20.1 Å². The Morgan fingerprint density at radius 2 is 2.00 bits per heavy atom. The van der Waals surface area contributed by atoms with Crippen LogP contribution in [-0.4, -0.2) is 50.4 Å². The van der Waals surface area contributed by atoms with Gasteiger partial charge in [0.15, 0.2) is 0 Å². The van der Waals surface area contributed by atoms with Crippen molar-refractivity contribution in [3.63, 3.8) is 0 Å². The van der Waals surface area contributed by atoms with Crippen molar-refractivity contribution in [2.75, 3.05) is 13.2 Å². The predicted molar refractivity (Wildman–Crippen MR) is 68.0 cm³/mol. The summed E-state index contributed by atoms with van der Waals surface area (Å²) in [7, 11) is 5.77. The molecule has 4 nitrogen and oxygen atoms in total. The number of nitrogens with two attached hydrogens (primary N) is 1. The maximum absolute atomic E-state index is 9.91. The van der Waals surface area contributed by atoms with Crippen LogP contribution in [0.2, 0.25) is 0 Å². The van der Waals surface area contributed by atoms with Crippen molar-refractivity contribution in [3.8, 4) is 0 Å². The largest absolute Gasteiger partial charge is 0.388 e. The second-order valence-corrected chi connectivity index (χ2v) is 4.58. The lowest BCUT2D eigenvalue weighted by Crippen LogP contribution is -2.35. The highest BCUT2D eigenvalue weighted by Crippen LogP contribution is 2.24. The Morgan fingerprint density at radius 3 is 2.59 bits per heavy atom. The first-order chi connectivity index (χ1) is 8.20. The van der Waals surface area contributed by atoms with E-state index in [0.29, 0.717) is 6.61 Å². The molecule has 1 heterocycles. The molecule has 0 aromatic carbocycles. The smallest absolute Gasteiger partial charge is 0.112 e. The van der Waals surface area contributed by atoms with Crippen LogP contribution >= 0.6 is 0 Å². The van der Waals surface area contributed by atoms with Gasteiger partial charge in [-0.25, -0.2) is 0 Å². The summed E-state index contributed by atoms with van der Waals surface area (Å²) < 4.78 is 11.0. The van der Waals surface area contributed by atoms with Crippen LogP contribution in [-0.2, 0) is 9.47 Å². The average molecular weight is 241 g/mol. The Hall–Kier alpha value is -0.0951. The summed E-state index contributed by atoms with van der Waals surface area (Å²) in [6.45, 7) is 3.34. The van der Waals surface area contributed by atoms with Crippen molar-refractivity contribution in [1.82, 2.24) is 0 Å². The van der Waals surface area contributed by atoms with Crippen molar-refractivity contribution in [2.45, 2.75) is 63.3 Å². The van der Waals surface area contributed by atoms with Crippen LogP contribution in [0.1, 0.15) is 39.0 Å². The zero-order valence-electron chi connectivity index (χ0n) is 10.7. The topological polar surface area (TPSA) is 64.7 Å². The summed E-state index contributed by atoms with van der Waals surface area (Å²) in [4.78, 5) is 0. The molecular weight excluding hydrogens is 217 g/mol. The number of hydrogen-bond donors (Lipinski definition) is 2. The molecule has 3 N–H and O–H groups in total. The normalized spacial score (nSPS) is 33.1. The van der Waals surface area contributed by atoms with Crippen molar-refractivity contribution >= 4 is 7.85 Å². The zero-order chi connectivity index (χ0) is 12.7. The molecule has 2 radical (unpaired) electrons. The third kappa shape index (κ3) is 4.58. The van der Waals surface area contributed by atoms with Gasteiger partial charge in [-0.15, -0.1) is 0 Å². The van der Waals surface area contributed by atoms with E-state index in [0.717, 1.165) is 38.6 Å². The molecule has 5 heteroatoms. The number of aliphatic hydroxyl groups excluding tert-OH is 1. The first-order valence-corrected chi connectivity index (χ1v) is 6.61. The molecule has 0 amide bonds. The highest BCUT2D eigenvalue weighted by atomic mass is 16.6. The van der Waals surface area contributed by atoms with Gasteiger partial charge in [0.05, 0.1) is 6.10 Å². The van der Waals surface area contributed by atoms with Crippen LogP contribution in [0.4, 0.5) is 0 Å². The number of rotatable bonds is 8. The molecule has 0 saturated carbocycles. The molecule has 4 atom stereocenters. The van der Waals surface area contributed by atoms with E-state index in [1.54, 1.807) is 0 Å². The summed E-state index contributed by atoms with van der Waals surface area (Å²) in [6, 6.07) is -0.501. The maximum Gasteiger partial charge on any atom is 0.112 e. The molecule has 0 bridgehead atoms. The fourth-order valence-electron chi connectivity index (χ4n) is 2.12. The molecule has 1 fully saturated rings. The SMILES string of the molecule is [B][C@@H]1O[C@H](CC)[C@H](O)C1OCCCCCCN. The van der Waals surface area contributed by atoms with E-state index in [9.17, 15) is 5.11 Å². The molecule has 1 rings (SSSR count). The molecule has 1 aliphatic rings. The van der Waals surface area contributed by atoms with Gasteiger partial charge >= 0.3 is 0 Å². The lowest BCUT2D eigenvalue weighted by atomic mass is 9.92. The zero-order valence-corrected chi connectivity index (χ0v) is 10.7. The van der Waals surface area contributed by atoms with Crippen LogP contribution in [0.5, 0.6) is 0 Å². The maximum atomic E-state index is 9.91. The first kappa shape index (κ1) is 15.0. The minimum absolute atomic E-state index is 0.188. The quantitative estimate of drug-likeness (QED) is 0.481. The molecule has 17 heavy (non-hydrogen) atoms. The standard InChI is InChI=1S/C12H24BNO3/c1-2-9-10(15)11(12(13)17-9)16-8-6-4-3-5-7-14/h9-12,15H,2-8,14H2,1H3/t9-,10+,11?,12-/m1/s1. The third-order valence-electron chi connectivity index (χ3n) is 3.18. The fourth-order valence-corrected chi connectivity index (χ4v) is 2.12. The van der Waals surface area contributed by atoms with Gasteiger partial charge in [0.25, 0.3) is 0 Å². The highest BCUT2D eigenvalue weighted by Gasteiger charge is 2.40. The van der Waals surface area contributed by atoms with Crippen LogP contribution in [0.25, 0.3) is 0 Å². The van der Waals surface area contributed by atoms with Gasteiger partial charge < -0.3 is 20.3 Å². The summed E-state index contributed by atoms with van der Waals surface area (Å²) in [6.07, 6.45) is 3.87. The Morgan fingerprint density at radius 1 is 1.29 bits per heavy atom. The third-order valence-corrected chi connectivity index (χ3v) is 3.18. The fraction of sp³-hybridized carbons (Fsp3) is 1.00. The van der Waals surface area contributed by atoms with Crippen molar-refractivity contribution in [3.05, 3.63) is 0 Å². The van der Waals surface area contributed by atoms with Gasteiger partial charge in [-0.2, -0.15) is 0 Å². The van der Waals surface area contributed by atoms with E-state index in [-0.39, 0.29) is 12.2 Å². The minimum atomic E-state index is -0.598. The van der Waals surface area contributed by atoms with Crippen LogP contribution in [0, 0.1) is 0 Å². The van der Waals surface area contributed by atoms with Gasteiger partial charge in [0, 0.05) is 12.6 Å². The van der Waals surface area contributed by atoms with Crippen LogP contribution in [0.15, 0.2) is 0 Å². The van der Waals surface area contributed by atoms with Crippen molar-refractivity contribution < 1.29 is 14.6 Å². The second-order valence-electron chi connectivity index (χ2n) is 4.58. The van der Waals surface area contributed by atoms with E-state index >= 15 is 0 Å². The molecule has 98 valence electrons. The van der Waals surface area contributed by atoms with E-state index in [4.69, 9.17) is 23.1 Å². The molecule has 0 spiro atoms. The van der Waals surface area contributed by atoms with Crippen LogP contribution in [0.3, 0.4) is 0 Å². The number of ether oxygens (including phenoxy) is 2. The van der Waals surface area contributed by atoms with Gasteiger partial charge in [0.2, 0.25) is 0 Å². The number of unbranched alkanes of at least 4 members (excludes halogenated alkanes) is 3. The molecule has 1 unspecified atom stereocenters. The van der Waals surface area contributed by atoms with Gasteiger partial charge in [-0.1, -0.05) is 19.8 Å². The first-order valence-electron chi connectivity index (χ1n) is 6.61. The van der Waals surface area contributed by atoms with E-state index in [1.165, 1.54) is 0 Å². The molecule has 0 aliphatic carbocycles. The molecular formula is C12H24BNO3. The lowest BCUT2D eigenvalue weighted by molar-refractivity contribution is -0.0232. The van der Waals surface area contributed by atoms with E-state index < -0.39 is 12.1 Å². The summed E-state index contributed by atoms with van der Waals surface area (Å²) >= 11 is 0. The summed E-state index contributed by atoms with van der Waals surface area (Å²) in [5.74, 6) is 0. The lowest BCUT2D eigenvalue weighted by Gasteiger charge is -2.19. The summed E-state index contributed by atoms with van der Waals surface area (Å²) in [5.41, 5.74) is 5.41. The molecule has 0 aromatic heterocycles. The van der Waals surface area contributed by atoms with E-state index in [2.05, 4.69) is 0 Å². The Labute approximate surface area is 105 Å². The highest BCUT2D eigenvalue weighted by molar-refractivity contribution is 6.11. The van der Waals surface area contributed by atoms with Crippen LogP contribution < -0.4 is 5.73 Å². The number of aliphatic hydroxyl groups is 1. The van der Waals surface area contributed by atoms with Crippen molar-refractivity contribution in [2.24, 2.45) is 5.73 Å². The van der Waals surface area contributed by atoms with Gasteiger partial charge in [-0.05, 0) is 25.8 Å². The number of hydrogen-bond acceptors (Lipinski definition) is 4. The molecule has 1 aliphatic heterocycles. The molecule has 0 aromatic rings. The van der Waals surface area contributed by atoms with Crippen molar-refractivity contribution in [1.29, 1.82) is 0 Å². The predicted octanol–water partition coefficient (Wildman–Crippen LogP) is 0.555. The average Bonchev–Trinajstić information content (AvgIpc) is 2.60. The monoisotopic (exact) mass is 241 g/mol. The Kier molecular flexibility index (Phi) is 7.12. The van der Waals surface area contributed by atoms with Gasteiger partial charge in [-0.3, -0.25) is 0 Å². The minimum Gasteiger partial charge on any atom is -0.388 e. The second kappa shape index (κ2) is 8.09. The summed E-state index contributed by atoms with van der Waals surface area (Å²) in [5, 5.41) is 9.91.